The van der Waals surface area contributed by atoms with Crippen LogP contribution in [0.1, 0.15) is 0 Å². The Balaban J connectivity index is 1.97. The molecule has 0 bridgehead atoms. The van der Waals surface area contributed by atoms with E-state index in [1.807, 2.05) is 0 Å². The number of carbonyl (C=O) groups is 1. The Labute approximate surface area is 251 Å². The van der Waals surface area contributed by atoms with Crippen LogP contribution in [0.2, 0.25) is 0 Å². The van der Waals surface area contributed by atoms with Gasteiger partial charge in [-0.2, -0.15) is 13.2 Å². The van der Waals surface area contributed by atoms with Crippen LogP contribution in [0.15, 0.2) is 88.8 Å². The third-order valence-corrected chi connectivity index (χ3v) is 10.1. The summed E-state index contributed by atoms with van der Waals surface area (Å²) in [4.78, 5) is 15.3. The summed E-state index contributed by atoms with van der Waals surface area (Å²) in [5.74, 6) is 0.176. The Morgan fingerprint density at radius 2 is 1.34 bits per heavy atom. The van der Waals surface area contributed by atoms with E-state index in [0.717, 1.165) is 18.3 Å². The van der Waals surface area contributed by atoms with E-state index in [1.165, 1.54) is 74.9 Å². The number of hydrogen-bond acceptors (Lipinski definition) is 9. The highest BCUT2D eigenvalue weighted by molar-refractivity contribution is 7.93. The maximum absolute atomic E-state index is 13.8. The molecular formula is C28H26F3N3O8S2. The molecule has 0 fully saturated rings. The lowest BCUT2D eigenvalue weighted by Crippen LogP contribution is -2.44. The summed E-state index contributed by atoms with van der Waals surface area (Å²) >= 11 is 0. The molecule has 234 valence electrons. The van der Waals surface area contributed by atoms with Crippen LogP contribution in [0.5, 0.6) is 11.5 Å². The summed E-state index contributed by atoms with van der Waals surface area (Å²) in [5.41, 5.74) is -0.508. The number of hydrogen-bond donors (Lipinski definition) is 1. The number of aldehydes is 1. The molecule has 0 amide bonds. The van der Waals surface area contributed by atoms with Gasteiger partial charge in [-0.15, -0.1) is 0 Å². The average molecular weight is 654 g/mol. The van der Waals surface area contributed by atoms with Crippen LogP contribution in [-0.4, -0.2) is 72.8 Å². The molecule has 0 radical (unpaired) electrons. The Morgan fingerprint density at radius 1 is 0.841 bits per heavy atom. The molecular weight excluding hydrogens is 627 g/mol. The topological polar surface area (TPSA) is 143 Å². The van der Waals surface area contributed by atoms with Crippen LogP contribution in [-0.2, 0) is 24.8 Å². The quantitative estimate of drug-likeness (QED) is 0.226. The Hall–Kier alpha value is -4.41. The molecule has 1 atom stereocenters. The lowest BCUT2D eigenvalue weighted by atomic mass is 10.1. The number of pyridine rings is 1. The highest BCUT2D eigenvalue weighted by Crippen LogP contribution is 2.39. The van der Waals surface area contributed by atoms with Crippen molar-refractivity contribution in [3.05, 3.63) is 79.0 Å². The van der Waals surface area contributed by atoms with E-state index in [1.54, 1.807) is 0 Å². The highest BCUT2D eigenvalue weighted by atomic mass is 32.2. The lowest BCUT2D eigenvalue weighted by Gasteiger charge is -2.30. The first-order valence-electron chi connectivity index (χ1n) is 12.6. The van der Waals surface area contributed by atoms with Gasteiger partial charge in [-0.1, -0.05) is 24.3 Å². The lowest BCUT2D eigenvalue weighted by molar-refractivity contribution is -0.117. The molecule has 0 aliphatic carbocycles. The number of aliphatic hydroxyl groups is 1. The summed E-state index contributed by atoms with van der Waals surface area (Å²) in [6.45, 7) is -2.91. The first-order chi connectivity index (χ1) is 20.8. The number of carbonyl (C=O) groups excluding carboxylic acids is 1. The number of fused-ring (bicyclic) bond motifs is 1. The second-order valence-corrected chi connectivity index (χ2v) is 12.9. The molecule has 3 aromatic carbocycles. The predicted octanol–water partition coefficient (Wildman–Crippen LogP) is 3.76. The summed E-state index contributed by atoms with van der Waals surface area (Å²) in [5, 5.41) is 9.72. The molecule has 4 aromatic rings. The number of anilines is 2. The normalized spacial score (nSPS) is 12.9. The number of methoxy groups -OCH3 is 2. The molecule has 1 N–H and O–H groups in total. The number of sulfonamides is 2. The molecule has 0 saturated heterocycles. The van der Waals surface area contributed by atoms with E-state index in [-0.39, 0.29) is 32.0 Å². The summed E-state index contributed by atoms with van der Waals surface area (Å²) in [6.07, 6.45) is -4.04. The predicted molar refractivity (Wildman–Crippen MR) is 155 cm³/mol. The molecule has 44 heavy (non-hydrogen) atoms. The number of benzene rings is 3. The molecule has 4 rings (SSSR count). The zero-order valence-corrected chi connectivity index (χ0v) is 24.8. The monoisotopic (exact) mass is 653 g/mol. The first kappa shape index (κ1) is 32.5. The fourth-order valence-electron chi connectivity index (χ4n) is 4.36. The van der Waals surface area contributed by atoms with Gasteiger partial charge >= 0.3 is 6.18 Å². The molecule has 16 heteroatoms. The van der Waals surface area contributed by atoms with Gasteiger partial charge in [0.05, 0.1) is 42.5 Å². The number of ether oxygens (including phenoxy) is 2. The first-order valence-corrected chi connectivity index (χ1v) is 15.5. The maximum Gasteiger partial charge on any atom is 0.407 e. The smallest absolute Gasteiger partial charge is 0.407 e. The van der Waals surface area contributed by atoms with Crippen molar-refractivity contribution in [3.63, 3.8) is 0 Å². The van der Waals surface area contributed by atoms with Gasteiger partial charge < -0.3 is 19.4 Å². The zero-order valence-electron chi connectivity index (χ0n) is 23.2. The van der Waals surface area contributed by atoms with E-state index in [0.29, 0.717) is 10.1 Å². The van der Waals surface area contributed by atoms with Crippen molar-refractivity contribution in [3.8, 4) is 11.5 Å². The molecule has 0 aliphatic heterocycles. The van der Waals surface area contributed by atoms with Crippen molar-refractivity contribution in [1.82, 2.24) is 4.98 Å². The van der Waals surface area contributed by atoms with Crippen molar-refractivity contribution in [2.75, 3.05) is 36.0 Å². The Kier molecular flexibility index (Phi) is 9.36. The standard InChI is InChI=1S/C28H26F3N3O8S2/c1-41-20-7-11-22(12-8-20)43(37,38)33(18-28(29,30)31)26-15-32-27(25-6-4-3-5-24(25)26)34(19(16-35)17-36)44(39,40)23-13-9-21(42-2)10-14-23/h3-16,19,36H,17-18H2,1-2H3. The molecule has 1 heterocycles. The zero-order chi connectivity index (χ0) is 32.3. The van der Waals surface area contributed by atoms with Crippen LogP contribution in [0.25, 0.3) is 10.8 Å². The third kappa shape index (κ3) is 6.41. The highest BCUT2D eigenvalue weighted by Gasteiger charge is 2.40. The fourth-order valence-corrected chi connectivity index (χ4v) is 7.37. The number of halogens is 3. The molecule has 0 aliphatic rings. The van der Waals surface area contributed by atoms with E-state index in [4.69, 9.17) is 9.47 Å². The Morgan fingerprint density at radius 3 is 1.80 bits per heavy atom. The number of nitrogens with zero attached hydrogens (tertiary/aromatic N) is 3. The van der Waals surface area contributed by atoms with Gasteiger partial charge in [-0.25, -0.2) is 26.1 Å². The minimum absolute atomic E-state index is 0.112. The van der Waals surface area contributed by atoms with Gasteiger partial charge in [-0.05, 0) is 48.5 Å². The molecule has 0 spiro atoms. The second-order valence-electron chi connectivity index (χ2n) is 9.18. The van der Waals surface area contributed by atoms with E-state index in [2.05, 4.69) is 4.98 Å². The van der Waals surface area contributed by atoms with Gasteiger partial charge in [0.15, 0.2) is 5.82 Å². The molecule has 1 unspecified atom stereocenters. The van der Waals surface area contributed by atoms with Crippen LogP contribution in [0.3, 0.4) is 0 Å². The number of rotatable bonds is 12. The number of aromatic nitrogens is 1. The SMILES string of the molecule is COc1ccc(S(=O)(=O)N(CC(F)(F)F)c2cnc(N(C(C=O)CO)S(=O)(=O)c3ccc(OC)cc3)c3ccccc23)cc1. The number of alkyl halides is 3. The minimum atomic E-state index is -5.00. The Bertz CT molecular complexity index is 1850. The third-order valence-electron chi connectivity index (χ3n) is 6.46. The summed E-state index contributed by atoms with van der Waals surface area (Å²) < 4.78 is 107. The summed E-state index contributed by atoms with van der Waals surface area (Å²) in [7, 11) is -6.79. The van der Waals surface area contributed by atoms with Crippen LogP contribution in [0, 0.1) is 0 Å². The van der Waals surface area contributed by atoms with Gasteiger partial charge in [0.25, 0.3) is 20.0 Å². The van der Waals surface area contributed by atoms with Crippen molar-refractivity contribution in [2.24, 2.45) is 0 Å². The second kappa shape index (κ2) is 12.7. The van der Waals surface area contributed by atoms with Crippen LogP contribution in [0.4, 0.5) is 24.7 Å². The van der Waals surface area contributed by atoms with E-state index < -0.39 is 61.8 Å². The van der Waals surface area contributed by atoms with Gasteiger partial charge in [0.1, 0.15) is 30.4 Å². The maximum atomic E-state index is 13.8. The molecule has 0 saturated carbocycles. The van der Waals surface area contributed by atoms with Crippen molar-refractivity contribution in [2.45, 2.75) is 22.0 Å². The van der Waals surface area contributed by atoms with E-state index >= 15 is 0 Å². The van der Waals surface area contributed by atoms with Gasteiger partial charge in [-0.3, -0.25) is 4.31 Å². The van der Waals surface area contributed by atoms with Gasteiger partial charge in [0, 0.05) is 10.8 Å². The average Bonchev–Trinajstić information content (AvgIpc) is 3.01. The van der Waals surface area contributed by atoms with Crippen LogP contribution >= 0.6 is 0 Å². The largest absolute Gasteiger partial charge is 0.497 e. The van der Waals surface area contributed by atoms with Gasteiger partial charge in [0.2, 0.25) is 0 Å². The molecule has 1 aromatic heterocycles. The summed E-state index contributed by atoms with van der Waals surface area (Å²) in [6, 6.07) is 13.6. The van der Waals surface area contributed by atoms with Crippen LogP contribution < -0.4 is 18.1 Å². The van der Waals surface area contributed by atoms with E-state index in [9.17, 15) is 39.9 Å². The fraction of sp³-hybridized carbons (Fsp3) is 0.214. The van der Waals surface area contributed by atoms with Crippen molar-refractivity contribution in [1.29, 1.82) is 0 Å². The number of aliphatic hydroxyl groups excluding tert-OH is 1. The molecule has 11 nitrogen and oxygen atoms in total. The van der Waals surface area contributed by atoms with Crippen molar-refractivity contribution < 1.29 is 49.4 Å². The minimum Gasteiger partial charge on any atom is -0.497 e. The van der Waals surface area contributed by atoms with Crippen molar-refractivity contribution >= 4 is 48.6 Å².